The van der Waals surface area contributed by atoms with Gasteiger partial charge < -0.3 is 10.0 Å². The number of aliphatic hydroxyl groups is 1. The quantitative estimate of drug-likeness (QED) is 0.574. The summed E-state index contributed by atoms with van der Waals surface area (Å²) in [4.78, 5) is 1.47. The summed E-state index contributed by atoms with van der Waals surface area (Å²) in [5, 5.41) is 9.03. The van der Waals surface area contributed by atoms with Crippen molar-refractivity contribution in [3.8, 4) is 0 Å². The molecule has 1 heterocycles. The van der Waals surface area contributed by atoms with Gasteiger partial charge in [-0.15, -0.1) is 0 Å². The van der Waals surface area contributed by atoms with Gasteiger partial charge in [-0.25, -0.2) is 0 Å². The lowest BCUT2D eigenvalue weighted by Gasteiger charge is -2.25. The summed E-state index contributed by atoms with van der Waals surface area (Å²) in [6.07, 6.45) is -4.70. The molecule has 1 rings (SSSR count). The molecule has 1 aliphatic heterocycles. The molecule has 0 saturated carbocycles. The summed E-state index contributed by atoms with van der Waals surface area (Å²) in [7, 11) is 1.56. The second kappa shape index (κ2) is 2.35. The molecule has 1 aliphatic rings. The van der Waals surface area contributed by atoms with Crippen LogP contribution in [0.25, 0.3) is 0 Å². The van der Waals surface area contributed by atoms with Crippen molar-refractivity contribution in [3.05, 3.63) is 0 Å². The number of nitrogens with zero attached hydrogens (tertiary/aromatic N) is 1. The highest BCUT2D eigenvalue weighted by Gasteiger charge is 2.56. The number of hydrogen-bond donors (Lipinski definition) is 1. The van der Waals surface area contributed by atoms with Gasteiger partial charge in [-0.2, -0.15) is 13.2 Å². The first-order valence-electron chi connectivity index (χ1n) is 3.33. The third kappa shape index (κ3) is 1.49. The highest BCUT2D eigenvalue weighted by atomic mass is 19.4. The van der Waals surface area contributed by atoms with E-state index in [4.69, 9.17) is 5.11 Å². The van der Waals surface area contributed by atoms with Gasteiger partial charge in [-0.1, -0.05) is 0 Å². The normalized spacial score (nSPS) is 34.6. The van der Waals surface area contributed by atoms with E-state index in [1.54, 1.807) is 7.05 Å². The molecule has 1 unspecified atom stereocenters. The molecule has 0 bridgehead atoms. The van der Waals surface area contributed by atoms with Crippen molar-refractivity contribution < 1.29 is 18.3 Å². The lowest BCUT2D eigenvalue weighted by molar-refractivity contribution is -0.253. The number of halogens is 3. The first-order chi connectivity index (χ1) is 4.85. The Morgan fingerprint density at radius 3 is 2.18 bits per heavy atom. The van der Waals surface area contributed by atoms with E-state index in [1.165, 1.54) is 4.90 Å². The number of rotatable bonds is 0. The predicted octanol–water partition coefficient (Wildman–Crippen LogP) is 0.615. The van der Waals surface area contributed by atoms with Crippen LogP contribution in [0.4, 0.5) is 13.2 Å². The van der Waals surface area contributed by atoms with Gasteiger partial charge in [-0.3, -0.25) is 0 Å². The van der Waals surface area contributed by atoms with Crippen LogP contribution in [0.2, 0.25) is 0 Å². The molecular weight excluding hydrogens is 159 g/mol. The molecule has 0 aliphatic carbocycles. The van der Waals surface area contributed by atoms with Gasteiger partial charge in [0.15, 0.2) is 5.60 Å². The van der Waals surface area contributed by atoms with E-state index in [9.17, 15) is 13.2 Å². The van der Waals surface area contributed by atoms with Crippen molar-refractivity contribution in [1.29, 1.82) is 0 Å². The first-order valence-corrected chi connectivity index (χ1v) is 3.33. The monoisotopic (exact) mass is 169 g/mol. The SMILES string of the molecule is CN1CCC(O)(C(F)(F)F)C1. The Labute approximate surface area is 62.6 Å². The van der Waals surface area contributed by atoms with Crippen LogP contribution in [0.5, 0.6) is 0 Å². The lowest BCUT2D eigenvalue weighted by atomic mass is 10.0. The van der Waals surface area contributed by atoms with Crippen LogP contribution in [-0.2, 0) is 0 Å². The Hall–Kier alpha value is -0.290. The van der Waals surface area contributed by atoms with Crippen molar-refractivity contribution in [2.24, 2.45) is 0 Å². The molecule has 1 saturated heterocycles. The Morgan fingerprint density at radius 2 is 2.00 bits per heavy atom. The molecule has 1 fully saturated rings. The zero-order chi connectivity index (χ0) is 8.70. The molecule has 0 spiro atoms. The molecule has 1 atom stereocenters. The Bertz CT molecular complexity index is 158. The van der Waals surface area contributed by atoms with Crippen LogP contribution in [0.3, 0.4) is 0 Å². The van der Waals surface area contributed by atoms with Crippen LogP contribution in [-0.4, -0.2) is 41.9 Å². The fourth-order valence-electron chi connectivity index (χ4n) is 1.21. The maximum atomic E-state index is 12.0. The van der Waals surface area contributed by atoms with Gasteiger partial charge in [0.1, 0.15) is 0 Å². The molecule has 0 aromatic carbocycles. The summed E-state index contributed by atoms with van der Waals surface area (Å²) < 4.78 is 36.1. The van der Waals surface area contributed by atoms with E-state index in [0.717, 1.165) is 0 Å². The minimum absolute atomic E-state index is 0.215. The smallest absolute Gasteiger partial charge is 0.379 e. The third-order valence-electron chi connectivity index (χ3n) is 1.97. The zero-order valence-electron chi connectivity index (χ0n) is 6.15. The third-order valence-corrected chi connectivity index (χ3v) is 1.97. The molecule has 0 amide bonds. The van der Waals surface area contributed by atoms with Gasteiger partial charge in [0.2, 0.25) is 0 Å². The number of alkyl halides is 3. The van der Waals surface area contributed by atoms with Crippen molar-refractivity contribution >= 4 is 0 Å². The second-order valence-electron chi connectivity index (χ2n) is 3.02. The molecule has 11 heavy (non-hydrogen) atoms. The first kappa shape index (κ1) is 8.80. The van der Waals surface area contributed by atoms with Crippen LogP contribution in [0, 0.1) is 0 Å². The van der Waals surface area contributed by atoms with Crippen LogP contribution >= 0.6 is 0 Å². The Balaban J connectivity index is 2.69. The van der Waals surface area contributed by atoms with Crippen molar-refractivity contribution in [1.82, 2.24) is 4.90 Å². The number of likely N-dealkylation sites (tertiary alicyclic amines) is 1. The number of β-amino-alcohol motifs (C(OH)–C–C–N with tert-alkyl or cyclic N) is 1. The molecular formula is C6H10F3NO. The van der Waals surface area contributed by atoms with E-state index < -0.39 is 11.8 Å². The standard InChI is InChI=1S/C6H10F3NO/c1-10-3-2-5(11,4-10)6(7,8)9/h11H,2-4H2,1H3. The largest absolute Gasteiger partial charge is 0.418 e. The zero-order valence-corrected chi connectivity index (χ0v) is 6.15. The summed E-state index contributed by atoms with van der Waals surface area (Å²) in [6.45, 7) is -0.00743. The molecule has 0 radical (unpaired) electrons. The van der Waals surface area contributed by atoms with E-state index in [-0.39, 0.29) is 13.0 Å². The van der Waals surface area contributed by atoms with Gasteiger partial charge >= 0.3 is 6.18 Å². The van der Waals surface area contributed by atoms with Gasteiger partial charge in [0, 0.05) is 13.1 Å². The summed E-state index contributed by atoms with van der Waals surface area (Å²) in [5.41, 5.74) is -2.47. The lowest BCUT2D eigenvalue weighted by Crippen LogP contribution is -2.46. The summed E-state index contributed by atoms with van der Waals surface area (Å²) >= 11 is 0. The van der Waals surface area contributed by atoms with Crippen molar-refractivity contribution in [2.45, 2.75) is 18.2 Å². The molecule has 0 aromatic heterocycles. The maximum absolute atomic E-state index is 12.0. The fraction of sp³-hybridized carbons (Fsp3) is 1.00. The van der Waals surface area contributed by atoms with Crippen molar-refractivity contribution in [3.63, 3.8) is 0 Å². The number of likely N-dealkylation sites (N-methyl/N-ethyl adjacent to an activating group) is 1. The Morgan fingerprint density at radius 1 is 1.45 bits per heavy atom. The predicted molar refractivity (Wildman–Crippen MR) is 33.1 cm³/mol. The molecule has 5 heteroatoms. The van der Waals surface area contributed by atoms with E-state index in [2.05, 4.69) is 0 Å². The molecule has 2 nitrogen and oxygen atoms in total. The number of hydrogen-bond acceptors (Lipinski definition) is 2. The van der Waals surface area contributed by atoms with E-state index >= 15 is 0 Å². The average molecular weight is 169 g/mol. The van der Waals surface area contributed by atoms with Crippen LogP contribution < -0.4 is 0 Å². The molecule has 1 N–H and O–H groups in total. The summed E-state index contributed by atoms with van der Waals surface area (Å²) in [5.74, 6) is 0. The minimum atomic E-state index is -4.49. The van der Waals surface area contributed by atoms with E-state index in [1.807, 2.05) is 0 Å². The summed E-state index contributed by atoms with van der Waals surface area (Å²) in [6, 6.07) is 0. The highest BCUT2D eigenvalue weighted by Crippen LogP contribution is 2.36. The Kier molecular flexibility index (Phi) is 1.88. The highest BCUT2D eigenvalue weighted by molar-refractivity contribution is 4.94. The van der Waals surface area contributed by atoms with Crippen LogP contribution in [0.15, 0.2) is 0 Å². The average Bonchev–Trinajstić information content (AvgIpc) is 2.10. The van der Waals surface area contributed by atoms with E-state index in [0.29, 0.717) is 6.54 Å². The maximum Gasteiger partial charge on any atom is 0.418 e. The van der Waals surface area contributed by atoms with Gasteiger partial charge in [0.25, 0.3) is 0 Å². The van der Waals surface area contributed by atoms with Crippen molar-refractivity contribution in [2.75, 3.05) is 20.1 Å². The molecule has 66 valence electrons. The second-order valence-corrected chi connectivity index (χ2v) is 3.02. The molecule has 0 aromatic rings. The van der Waals surface area contributed by atoms with Gasteiger partial charge in [0.05, 0.1) is 0 Å². The van der Waals surface area contributed by atoms with Crippen LogP contribution in [0.1, 0.15) is 6.42 Å². The topological polar surface area (TPSA) is 23.5 Å². The minimum Gasteiger partial charge on any atom is -0.379 e. The van der Waals surface area contributed by atoms with Gasteiger partial charge in [-0.05, 0) is 13.5 Å². The fourth-order valence-corrected chi connectivity index (χ4v) is 1.21.